The van der Waals surface area contributed by atoms with Crippen molar-refractivity contribution in [1.29, 1.82) is 0 Å². The zero-order valence-electron chi connectivity index (χ0n) is 8.45. The van der Waals surface area contributed by atoms with Gasteiger partial charge >= 0.3 is 109 Å². The fraction of sp³-hybridized carbons (Fsp3) is 0.0769. The van der Waals surface area contributed by atoms with Crippen molar-refractivity contribution in [2.24, 2.45) is 0 Å². The Balaban J connectivity index is 2.29. The molecule has 0 saturated heterocycles. The van der Waals surface area contributed by atoms with Crippen LogP contribution in [-0.4, -0.2) is 0 Å². The molecular formula is C13H12I2. The van der Waals surface area contributed by atoms with Crippen molar-refractivity contribution in [3.05, 3.63) is 67.3 Å². The van der Waals surface area contributed by atoms with E-state index in [1.165, 1.54) is 12.7 Å². The van der Waals surface area contributed by atoms with E-state index in [0.717, 1.165) is 0 Å². The van der Waals surface area contributed by atoms with Crippen LogP contribution in [0.25, 0.3) is 0 Å². The van der Waals surface area contributed by atoms with Crippen LogP contribution in [0, 0.1) is 14.1 Å². The van der Waals surface area contributed by atoms with E-state index in [1.54, 1.807) is 0 Å². The summed E-state index contributed by atoms with van der Waals surface area (Å²) in [6, 6.07) is 19.8. The van der Waals surface area contributed by atoms with Gasteiger partial charge in [-0.3, -0.25) is 0 Å². The van der Waals surface area contributed by atoms with Gasteiger partial charge in [0.1, 0.15) is 0 Å². The second kappa shape index (κ2) is 5.30. The van der Waals surface area contributed by atoms with Crippen LogP contribution in [0.3, 0.4) is 0 Å². The van der Waals surface area contributed by atoms with Gasteiger partial charge in [0.2, 0.25) is 0 Å². The molecule has 0 aliphatic rings. The Morgan fingerprint density at radius 2 is 1.33 bits per heavy atom. The Bertz CT molecular complexity index is 420. The molecule has 0 saturated carbocycles. The van der Waals surface area contributed by atoms with Crippen LogP contribution in [-0.2, 0) is 0 Å². The van der Waals surface area contributed by atoms with Gasteiger partial charge in [-0.15, -0.1) is 0 Å². The molecule has 0 aliphatic heterocycles. The van der Waals surface area contributed by atoms with E-state index < -0.39 is 15.8 Å². The normalized spacial score (nSPS) is 11.2. The first-order valence-corrected chi connectivity index (χ1v) is 13.2. The van der Waals surface area contributed by atoms with Crippen LogP contribution in [0.4, 0.5) is 0 Å². The molecular weight excluding hydrogens is 410 g/mol. The average Bonchev–Trinajstić information content (AvgIpc) is 2.30. The molecule has 0 radical (unpaired) electrons. The molecule has 0 unspecified atom stereocenters. The van der Waals surface area contributed by atoms with Gasteiger partial charge in [0.25, 0.3) is 0 Å². The Hall–Kier alpha value is -0.100. The first-order valence-electron chi connectivity index (χ1n) is 4.75. The summed E-state index contributed by atoms with van der Waals surface area (Å²) >= 11 is 1.49. The minimum atomic E-state index is -1.15. The van der Waals surface area contributed by atoms with Crippen LogP contribution in [0.5, 0.6) is 0 Å². The number of hydrogen-bond acceptors (Lipinski definition) is 0. The summed E-state index contributed by atoms with van der Waals surface area (Å²) in [5.41, 5.74) is 1.34. The van der Waals surface area contributed by atoms with Gasteiger partial charge in [-0.1, -0.05) is 0 Å². The summed E-state index contributed by atoms with van der Waals surface area (Å²) in [6.45, 7) is 2.14. The average molecular weight is 422 g/mol. The van der Waals surface area contributed by atoms with Crippen molar-refractivity contribution < 1.29 is 0 Å². The number of benzene rings is 2. The molecule has 0 N–H and O–H groups in total. The molecule has 2 aromatic carbocycles. The maximum absolute atomic E-state index is 2.64. The zero-order valence-corrected chi connectivity index (χ0v) is 12.8. The second-order valence-corrected chi connectivity index (χ2v) is 12.6. The Labute approximate surface area is 108 Å². The van der Waals surface area contributed by atoms with E-state index in [-0.39, 0.29) is 0 Å². The van der Waals surface area contributed by atoms with E-state index in [1.807, 2.05) is 0 Å². The summed E-state index contributed by atoms with van der Waals surface area (Å²) in [5, 5.41) is 0. The van der Waals surface area contributed by atoms with Crippen LogP contribution < -0.4 is 0 Å². The monoisotopic (exact) mass is 422 g/mol. The summed E-state index contributed by atoms with van der Waals surface area (Å²) in [4.78, 5) is 0. The maximum atomic E-state index is 2.64. The van der Waals surface area contributed by atoms with Crippen molar-refractivity contribution in [1.82, 2.24) is 0 Å². The molecule has 0 nitrogen and oxygen atoms in total. The third-order valence-electron chi connectivity index (χ3n) is 2.13. The van der Waals surface area contributed by atoms with Crippen LogP contribution in [0.2, 0.25) is 0 Å². The van der Waals surface area contributed by atoms with E-state index in [0.29, 0.717) is 0 Å². The van der Waals surface area contributed by atoms with E-state index in [2.05, 4.69) is 80.1 Å². The summed E-state index contributed by atoms with van der Waals surface area (Å²) in [6.07, 6.45) is 0. The van der Waals surface area contributed by atoms with Crippen LogP contribution >= 0.6 is 34.5 Å². The van der Waals surface area contributed by atoms with E-state index >= 15 is 0 Å². The van der Waals surface area contributed by atoms with Crippen molar-refractivity contribution in [3.63, 3.8) is 0 Å². The Morgan fingerprint density at radius 3 is 1.93 bits per heavy atom. The molecule has 15 heavy (non-hydrogen) atoms. The van der Waals surface area contributed by atoms with Gasteiger partial charge in [0, 0.05) is 0 Å². The van der Waals surface area contributed by atoms with Crippen LogP contribution in [0.1, 0.15) is 5.56 Å². The molecule has 78 valence electrons. The molecule has 2 heteroatoms. The molecule has 0 aromatic heterocycles. The van der Waals surface area contributed by atoms with Gasteiger partial charge in [-0.2, -0.15) is 0 Å². The van der Waals surface area contributed by atoms with E-state index in [9.17, 15) is 0 Å². The second-order valence-electron chi connectivity index (χ2n) is 3.33. The Kier molecular flexibility index (Phi) is 4.02. The molecule has 0 amide bonds. The van der Waals surface area contributed by atoms with Gasteiger partial charge in [0.05, 0.1) is 0 Å². The van der Waals surface area contributed by atoms with Crippen molar-refractivity contribution in [2.75, 3.05) is 0 Å². The van der Waals surface area contributed by atoms with Crippen molar-refractivity contribution in [2.45, 2.75) is 6.92 Å². The first kappa shape index (κ1) is 11.4. The molecule has 0 bridgehead atoms. The fourth-order valence-corrected chi connectivity index (χ4v) is 7.70. The number of hydrogen-bond donors (Lipinski definition) is 0. The summed E-state index contributed by atoms with van der Waals surface area (Å²) in [5.74, 6) is 0. The molecule has 0 aliphatic carbocycles. The number of aryl methyl sites for hydroxylation is 1. The molecule has 0 atom stereocenters. The summed E-state index contributed by atoms with van der Waals surface area (Å²) < 4.78 is 3.04. The molecule has 2 rings (SSSR count). The molecule has 0 heterocycles. The minimum absolute atomic E-state index is 1.15. The van der Waals surface area contributed by atoms with Crippen LogP contribution in [0.15, 0.2) is 54.6 Å². The predicted molar refractivity (Wildman–Crippen MR) is 83.1 cm³/mol. The Morgan fingerprint density at radius 1 is 0.800 bits per heavy atom. The first-order chi connectivity index (χ1) is 7.27. The fourth-order valence-electron chi connectivity index (χ4n) is 1.30. The molecule has 2 aromatic rings. The quantitative estimate of drug-likeness (QED) is 0.605. The van der Waals surface area contributed by atoms with Crippen molar-refractivity contribution >= 4 is 34.5 Å². The predicted octanol–water partition coefficient (Wildman–Crippen LogP) is 4.89. The SMILES string of the molecule is Cc1ccc(I(I)c2ccccc2)cc1. The molecule has 0 fully saturated rings. The standard InChI is InChI=1S/C13H12I2/c1-11-7-9-13(10-8-11)15(14)12-5-3-2-4-6-12/h2-10H,1H3. The molecule has 0 spiro atoms. The topological polar surface area (TPSA) is 0 Å². The van der Waals surface area contributed by atoms with E-state index in [4.69, 9.17) is 0 Å². The van der Waals surface area contributed by atoms with Crippen molar-refractivity contribution in [3.8, 4) is 0 Å². The van der Waals surface area contributed by atoms with Gasteiger partial charge in [-0.25, -0.2) is 0 Å². The number of halogens is 2. The van der Waals surface area contributed by atoms with Gasteiger partial charge < -0.3 is 0 Å². The van der Waals surface area contributed by atoms with Gasteiger partial charge in [-0.05, 0) is 0 Å². The zero-order chi connectivity index (χ0) is 10.7. The number of rotatable bonds is 2. The third kappa shape index (κ3) is 2.93. The summed E-state index contributed by atoms with van der Waals surface area (Å²) in [7, 11) is 0. The third-order valence-corrected chi connectivity index (χ3v) is 12.1. The van der Waals surface area contributed by atoms with Gasteiger partial charge in [0.15, 0.2) is 0 Å².